The van der Waals surface area contributed by atoms with E-state index in [0.717, 1.165) is 19.8 Å². The molecule has 1 fully saturated rings. The van der Waals surface area contributed by atoms with Gasteiger partial charge in [-0.1, -0.05) is 11.6 Å². The average Bonchev–Trinajstić information content (AvgIpc) is 2.48. The number of amides is 1. The van der Waals surface area contributed by atoms with Gasteiger partial charge in [0, 0.05) is 29.4 Å². The number of anilines is 2. The van der Waals surface area contributed by atoms with Crippen molar-refractivity contribution in [1.82, 2.24) is 4.98 Å². The van der Waals surface area contributed by atoms with E-state index in [4.69, 9.17) is 16.3 Å². The molecule has 0 radical (unpaired) electrons. The van der Waals surface area contributed by atoms with Crippen molar-refractivity contribution in [1.29, 1.82) is 0 Å². The first kappa shape index (κ1) is 14.8. The van der Waals surface area contributed by atoms with Gasteiger partial charge in [0.1, 0.15) is 5.82 Å². The molecule has 1 aliphatic heterocycles. The molecule has 5 nitrogen and oxygen atoms in total. The predicted molar refractivity (Wildman–Crippen MR) is 86.4 cm³/mol. The van der Waals surface area contributed by atoms with Gasteiger partial charge in [0.2, 0.25) is 0 Å². The molecule has 114 valence electrons. The number of halogens is 1. The number of hydrogen-bond acceptors (Lipinski definition) is 4. The van der Waals surface area contributed by atoms with Crippen LogP contribution in [0.2, 0.25) is 5.02 Å². The topological polar surface area (TPSA) is 63.2 Å². The Hall–Kier alpha value is -2.11. The van der Waals surface area contributed by atoms with Crippen LogP contribution in [0.15, 0.2) is 42.6 Å². The summed E-state index contributed by atoms with van der Waals surface area (Å²) < 4.78 is 5.14. The van der Waals surface area contributed by atoms with E-state index in [0.29, 0.717) is 28.0 Å². The number of pyridine rings is 1. The molecular formula is C16H16ClN3O2. The number of hydrogen-bond donors (Lipinski definition) is 2. The van der Waals surface area contributed by atoms with Crippen LogP contribution in [0, 0.1) is 5.92 Å². The second-order valence-corrected chi connectivity index (χ2v) is 5.58. The van der Waals surface area contributed by atoms with Crippen LogP contribution in [0.5, 0.6) is 0 Å². The first-order chi connectivity index (χ1) is 10.7. The lowest BCUT2D eigenvalue weighted by molar-refractivity contribution is -0.0248. The third kappa shape index (κ3) is 3.55. The summed E-state index contributed by atoms with van der Waals surface area (Å²) in [6.07, 6.45) is 1.67. The fourth-order valence-electron chi connectivity index (χ4n) is 2.10. The molecule has 0 bridgehead atoms. The number of nitrogens with one attached hydrogen (secondary N) is 2. The molecular weight excluding hydrogens is 302 g/mol. The van der Waals surface area contributed by atoms with E-state index in [9.17, 15) is 4.79 Å². The molecule has 2 aromatic rings. The summed E-state index contributed by atoms with van der Waals surface area (Å²) in [6.45, 7) is 2.26. The van der Waals surface area contributed by atoms with E-state index >= 15 is 0 Å². The van der Waals surface area contributed by atoms with Gasteiger partial charge >= 0.3 is 0 Å². The lowest BCUT2D eigenvalue weighted by atomic mass is 10.1. The minimum atomic E-state index is -0.206. The smallest absolute Gasteiger partial charge is 0.259 e. The van der Waals surface area contributed by atoms with Gasteiger partial charge in [-0.2, -0.15) is 0 Å². The number of nitrogens with zero attached hydrogens (tertiary/aromatic N) is 1. The number of ether oxygens (including phenoxy) is 1. The Balaban J connectivity index is 1.69. The standard InChI is InChI=1S/C16H16ClN3O2/c17-12-3-5-13(6-4-12)20-16(21)14-2-1-7-18-15(14)19-8-11-9-22-10-11/h1-7,11H,8-10H2,(H,18,19)(H,20,21). The Morgan fingerprint density at radius 1 is 1.27 bits per heavy atom. The zero-order valence-corrected chi connectivity index (χ0v) is 12.6. The van der Waals surface area contributed by atoms with E-state index in [2.05, 4.69) is 15.6 Å². The summed E-state index contributed by atoms with van der Waals surface area (Å²) in [7, 11) is 0. The quantitative estimate of drug-likeness (QED) is 0.889. The monoisotopic (exact) mass is 317 g/mol. The predicted octanol–water partition coefficient (Wildman–Crippen LogP) is 3.05. The number of benzene rings is 1. The SMILES string of the molecule is O=C(Nc1ccc(Cl)cc1)c1cccnc1NCC1COC1. The highest BCUT2D eigenvalue weighted by molar-refractivity contribution is 6.30. The van der Waals surface area contributed by atoms with Crippen LogP contribution in [0.3, 0.4) is 0 Å². The lowest BCUT2D eigenvalue weighted by Gasteiger charge is -2.26. The second-order valence-electron chi connectivity index (χ2n) is 5.14. The molecule has 0 atom stereocenters. The van der Waals surface area contributed by atoms with Gasteiger partial charge in [-0.05, 0) is 36.4 Å². The summed E-state index contributed by atoms with van der Waals surface area (Å²) in [4.78, 5) is 16.7. The molecule has 3 rings (SSSR count). The highest BCUT2D eigenvalue weighted by atomic mass is 35.5. The van der Waals surface area contributed by atoms with Crippen LogP contribution in [-0.4, -0.2) is 30.6 Å². The normalized spacial score (nSPS) is 14.2. The summed E-state index contributed by atoms with van der Waals surface area (Å²) in [5.74, 6) is 0.859. The molecule has 0 aliphatic carbocycles. The molecule has 0 unspecified atom stereocenters. The van der Waals surface area contributed by atoms with E-state index < -0.39 is 0 Å². The molecule has 1 aromatic heterocycles. The molecule has 0 spiro atoms. The Morgan fingerprint density at radius 3 is 2.73 bits per heavy atom. The van der Waals surface area contributed by atoms with Crippen molar-refractivity contribution in [3.8, 4) is 0 Å². The largest absolute Gasteiger partial charge is 0.381 e. The number of aromatic nitrogens is 1. The minimum absolute atomic E-state index is 0.206. The van der Waals surface area contributed by atoms with Crippen LogP contribution < -0.4 is 10.6 Å². The van der Waals surface area contributed by atoms with Crippen LogP contribution in [-0.2, 0) is 4.74 Å². The summed E-state index contributed by atoms with van der Waals surface area (Å²) in [6, 6.07) is 10.5. The van der Waals surface area contributed by atoms with Gasteiger partial charge < -0.3 is 15.4 Å². The number of rotatable bonds is 5. The maximum Gasteiger partial charge on any atom is 0.259 e. The molecule has 2 heterocycles. The highest BCUT2D eigenvalue weighted by Crippen LogP contribution is 2.18. The maximum absolute atomic E-state index is 12.4. The molecule has 2 N–H and O–H groups in total. The van der Waals surface area contributed by atoms with Crippen molar-refractivity contribution in [2.75, 3.05) is 30.4 Å². The average molecular weight is 318 g/mol. The number of carbonyl (C=O) groups is 1. The van der Waals surface area contributed by atoms with Gasteiger partial charge in [0.25, 0.3) is 5.91 Å². The second kappa shape index (κ2) is 6.77. The van der Waals surface area contributed by atoms with Gasteiger partial charge in [0.15, 0.2) is 0 Å². The summed E-state index contributed by atoms with van der Waals surface area (Å²) in [5, 5.41) is 6.69. The summed E-state index contributed by atoms with van der Waals surface area (Å²) in [5.41, 5.74) is 1.20. The lowest BCUT2D eigenvalue weighted by Crippen LogP contribution is -2.34. The Kier molecular flexibility index (Phi) is 4.56. The van der Waals surface area contributed by atoms with Gasteiger partial charge in [0.05, 0.1) is 18.8 Å². The van der Waals surface area contributed by atoms with Gasteiger partial charge in [-0.3, -0.25) is 4.79 Å². The van der Waals surface area contributed by atoms with Gasteiger partial charge in [-0.25, -0.2) is 4.98 Å². The fraction of sp³-hybridized carbons (Fsp3) is 0.250. The Morgan fingerprint density at radius 2 is 2.05 bits per heavy atom. The zero-order valence-electron chi connectivity index (χ0n) is 11.9. The van der Waals surface area contributed by atoms with E-state index in [1.165, 1.54) is 0 Å². The van der Waals surface area contributed by atoms with E-state index in [-0.39, 0.29) is 5.91 Å². The van der Waals surface area contributed by atoms with E-state index in [1.807, 2.05) is 0 Å². The molecule has 6 heteroatoms. The van der Waals surface area contributed by atoms with Crippen molar-refractivity contribution >= 4 is 29.0 Å². The molecule has 22 heavy (non-hydrogen) atoms. The molecule has 1 saturated heterocycles. The fourth-order valence-corrected chi connectivity index (χ4v) is 2.23. The number of carbonyl (C=O) groups excluding carboxylic acids is 1. The first-order valence-electron chi connectivity index (χ1n) is 7.06. The molecule has 0 saturated carbocycles. The first-order valence-corrected chi connectivity index (χ1v) is 7.44. The molecule has 1 amide bonds. The molecule has 1 aliphatic rings. The van der Waals surface area contributed by atoms with Crippen molar-refractivity contribution < 1.29 is 9.53 Å². The van der Waals surface area contributed by atoms with Crippen molar-refractivity contribution in [3.05, 3.63) is 53.2 Å². The van der Waals surface area contributed by atoms with Crippen molar-refractivity contribution in [3.63, 3.8) is 0 Å². The van der Waals surface area contributed by atoms with Crippen molar-refractivity contribution in [2.24, 2.45) is 5.92 Å². The Bertz CT molecular complexity index is 657. The minimum Gasteiger partial charge on any atom is -0.381 e. The van der Waals surface area contributed by atoms with Crippen LogP contribution in [0.1, 0.15) is 10.4 Å². The Labute approximate surface area is 133 Å². The molecule has 1 aromatic carbocycles. The highest BCUT2D eigenvalue weighted by Gasteiger charge is 2.19. The summed E-state index contributed by atoms with van der Waals surface area (Å²) >= 11 is 5.84. The van der Waals surface area contributed by atoms with Crippen LogP contribution >= 0.6 is 11.6 Å². The third-order valence-corrected chi connectivity index (χ3v) is 3.67. The third-order valence-electron chi connectivity index (χ3n) is 3.42. The maximum atomic E-state index is 12.4. The van der Waals surface area contributed by atoms with Crippen molar-refractivity contribution in [2.45, 2.75) is 0 Å². The van der Waals surface area contributed by atoms with Gasteiger partial charge in [-0.15, -0.1) is 0 Å². The van der Waals surface area contributed by atoms with Crippen LogP contribution in [0.25, 0.3) is 0 Å². The zero-order chi connectivity index (χ0) is 15.4. The van der Waals surface area contributed by atoms with Crippen LogP contribution in [0.4, 0.5) is 11.5 Å². The van der Waals surface area contributed by atoms with E-state index in [1.54, 1.807) is 42.6 Å².